The standard InChI is InChI=1S/C12H15ClFNO/c1-2-15-7-6-10(16)12(15)8-4-3-5-9(13)11(8)14/h3-5,10,12,16H,2,6-7H2,1H3. The molecule has 1 heterocycles. The van der Waals surface area contributed by atoms with Gasteiger partial charge in [0.2, 0.25) is 0 Å². The first kappa shape index (κ1) is 11.8. The molecule has 1 aliphatic rings. The van der Waals surface area contributed by atoms with Crippen molar-refractivity contribution in [3.8, 4) is 0 Å². The topological polar surface area (TPSA) is 23.5 Å². The van der Waals surface area contributed by atoms with Crippen LogP contribution in [0.25, 0.3) is 0 Å². The van der Waals surface area contributed by atoms with Crippen LogP contribution in [0.1, 0.15) is 24.9 Å². The van der Waals surface area contributed by atoms with Crippen molar-refractivity contribution in [3.05, 3.63) is 34.6 Å². The van der Waals surface area contributed by atoms with Gasteiger partial charge >= 0.3 is 0 Å². The summed E-state index contributed by atoms with van der Waals surface area (Å²) in [6, 6.07) is 4.68. The molecule has 4 heteroatoms. The van der Waals surface area contributed by atoms with Gasteiger partial charge in [-0.25, -0.2) is 4.39 Å². The van der Waals surface area contributed by atoms with Gasteiger partial charge < -0.3 is 5.11 Å². The summed E-state index contributed by atoms with van der Waals surface area (Å²) >= 11 is 5.76. The van der Waals surface area contributed by atoms with E-state index >= 15 is 0 Å². The highest BCUT2D eigenvalue weighted by atomic mass is 35.5. The van der Waals surface area contributed by atoms with E-state index < -0.39 is 11.9 Å². The van der Waals surface area contributed by atoms with Crippen molar-refractivity contribution >= 4 is 11.6 Å². The maximum absolute atomic E-state index is 13.9. The number of rotatable bonds is 2. The summed E-state index contributed by atoms with van der Waals surface area (Å²) < 4.78 is 13.9. The molecular weight excluding hydrogens is 229 g/mol. The van der Waals surface area contributed by atoms with Crippen LogP contribution in [0.3, 0.4) is 0 Å². The highest BCUT2D eigenvalue weighted by Gasteiger charge is 2.34. The first-order valence-corrected chi connectivity index (χ1v) is 5.89. The van der Waals surface area contributed by atoms with Crippen molar-refractivity contribution in [1.82, 2.24) is 4.90 Å². The maximum Gasteiger partial charge on any atom is 0.146 e. The summed E-state index contributed by atoms with van der Waals surface area (Å²) in [7, 11) is 0. The molecule has 1 aromatic carbocycles. The molecule has 1 aliphatic heterocycles. The second kappa shape index (κ2) is 4.70. The van der Waals surface area contributed by atoms with Gasteiger partial charge in [-0.05, 0) is 19.0 Å². The summed E-state index contributed by atoms with van der Waals surface area (Å²) in [6.07, 6.45) is 0.178. The summed E-state index contributed by atoms with van der Waals surface area (Å²) in [6.45, 7) is 3.61. The summed E-state index contributed by atoms with van der Waals surface area (Å²) in [4.78, 5) is 2.07. The van der Waals surface area contributed by atoms with Crippen LogP contribution in [0.4, 0.5) is 4.39 Å². The monoisotopic (exact) mass is 243 g/mol. The lowest BCUT2D eigenvalue weighted by Gasteiger charge is -2.25. The molecule has 1 saturated heterocycles. The molecule has 0 saturated carbocycles. The van der Waals surface area contributed by atoms with E-state index in [1.165, 1.54) is 6.07 Å². The Morgan fingerprint density at radius 1 is 1.56 bits per heavy atom. The zero-order valence-corrected chi connectivity index (χ0v) is 9.91. The molecule has 1 aromatic rings. The lowest BCUT2D eigenvalue weighted by molar-refractivity contribution is 0.116. The van der Waals surface area contributed by atoms with E-state index in [0.717, 1.165) is 13.1 Å². The number of likely N-dealkylation sites (tertiary alicyclic amines) is 1. The third kappa shape index (κ3) is 1.95. The number of nitrogens with zero attached hydrogens (tertiary/aromatic N) is 1. The maximum atomic E-state index is 13.9. The smallest absolute Gasteiger partial charge is 0.146 e. The van der Waals surface area contributed by atoms with E-state index in [9.17, 15) is 9.50 Å². The molecule has 2 unspecified atom stereocenters. The van der Waals surface area contributed by atoms with Crippen LogP contribution in [-0.4, -0.2) is 29.2 Å². The highest BCUT2D eigenvalue weighted by molar-refractivity contribution is 6.30. The van der Waals surface area contributed by atoms with Gasteiger partial charge in [0.25, 0.3) is 0 Å². The van der Waals surface area contributed by atoms with Crippen LogP contribution in [0, 0.1) is 5.82 Å². The van der Waals surface area contributed by atoms with E-state index in [2.05, 4.69) is 4.90 Å². The van der Waals surface area contributed by atoms with E-state index in [1.807, 2.05) is 6.92 Å². The predicted molar refractivity (Wildman–Crippen MR) is 62.0 cm³/mol. The zero-order valence-electron chi connectivity index (χ0n) is 9.16. The molecule has 0 aliphatic carbocycles. The fourth-order valence-corrected chi connectivity index (χ4v) is 2.53. The van der Waals surface area contributed by atoms with Gasteiger partial charge in [0, 0.05) is 12.1 Å². The largest absolute Gasteiger partial charge is 0.391 e. The second-order valence-electron chi connectivity index (χ2n) is 4.07. The SMILES string of the molecule is CCN1CCC(O)C1c1cccc(Cl)c1F. The lowest BCUT2D eigenvalue weighted by atomic mass is 10.0. The Morgan fingerprint density at radius 3 is 3.00 bits per heavy atom. The first-order chi connectivity index (χ1) is 7.65. The van der Waals surface area contributed by atoms with E-state index in [0.29, 0.717) is 12.0 Å². The van der Waals surface area contributed by atoms with Crippen molar-refractivity contribution in [3.63, 3.8) is 0 Å². The summed E-state index contributed by atoms with van der Waals surface area (Å²) in [5.74, 6) is -0.409. The Kier molecular flexibility index (Phi) is 3.47. The molecule has 0 spiro atoms. The Bertz CT molecular complexity index is 385. The third-order valence-electron chi connectivity index (χ3n) is 3.18. The third-order valence-corrected chi connectivity index (χ3v) is 3.47. The molecule has 88 valence electrons. The van der Waals surface area contributed by atoms with Crippen molar-refractivity contribution in [2.24, 2.45) is 0 Å². The highest BCUT2D eigenvalue weighted by Crippen LogP contribution is 2.35. The van der Waals surface area contributed by atoms with Gasteiger partial charge in [-0.2, -0.15) is 0 Å². The van der Waals surface area contributed by atoms with Crippen LogP contribution in [0.5, 0.6) is 0 Å². The molecule has 0 amide bonds. The minimum absolute atomic E-state index is 0.118. The molecule has 2 nitrogen and oxygen atoms in total. The van der Waals surface area contributed by atoms with Crippen LogP contribution in [0.2, 0.25) is 5.02 Å². The molecule has 0 bridgehead atoms. The van der Waals surface area contributed by atoms with Gasteiger partial charge in [0.05, 0.1) is 17.2 Å². The zero-order chi connectivity index (χ0) is 11.7. The molecule has 0 aromatic heterocycles. The van der Waals surface area contributed by atoms with Crippen molar-refractivity contribution < 1.29 is 9.50 Å². The van der Waals surface area contributed by atoms with E-state index in [-0.39, 0.29) is 11.1 Å². The minimum atomic E-state index is -0.507. The van der Waals surface area contributed by atoms with Crippen molar-refractivity contribution in [2.75, 3.05) is 13.1 Å². The van der Waals surface area contributed by atoms with Gasteiger partial charge in [-0.15, -0.1) is 0 Å². The molecule has 16 heavy (non-hydrogen) atoms. The average molecular weight is 244 g/mol. The van der Waals surface area contributed by atoms with Crippen LogP contribution in [0.15, 0.2) is 18.2 Å². The molecule has 2 rings (SSSR count). The quantitative estimate of drug-likeness (QED) is 0.863. The number of halogens is 2. The van der Waals surface area contributed by atoms with E-state index in [1.54, 1.807) is 12.1 Å². The number of benzene rings is 1. The summed E-state index contributed by atoms with van der Waals surface area (Å²) in [5.41, 5.74) is 0.499. The minimum Gasteiger partial charge on any atom is -0.391 e. The van der Waals surface area contributed by atoms with Gasteiger partial charge in [0.15, 0.2) is 0 Å². The normalized spacial score (nSPS) is 26.2. The Morgan fingerprint density at radius 2 is 2.31 bits per heavy atom. The predicted octanol–water partition coefficient (Wildman–Crippen LogP) is 2.61. The number of hydrogen-bond donors (Lipinski definition) is 1. The number of aliphatic hydroxyl groups is 1. The van der Waals surface area contributed by atoms with Gasteiger partial charge in [0.1, 0.15) is 5.82 Å². The van der Waals surface area contributed by atoms with Crippen LogP contribution in [-0.2, 0) is 0 Å². The second-order valence-corrected chi connectivity index (χ2v) is 4.48. The van der Waals surface area contributed by atoms with Gasteiger partial charge in [-0.3, -0.25) is 4.90 Å². The molecular formula is C12H15ClFNO. The molecule has 2 atom stereocenters. The Labute approximate surface area is 99.6 Å². The molecule has 0 radical (unpaired) electrons. The fraction of sp³-hybridized carbons (Fsp3) is 0.500. The number of aliphatic hydroxyl groups excluding tert-OH is 1. The first-order valence-electron chi connectivity index (χ1n) is 5.51. The number of hydrogen-bond acceptors (Lipinski definition) is 2. The molecule has 1 N–H and O–H groups in total. The Balaban J connectivity index is 2.38. The number of likely N-dealkylation sites (N-methyl/N-ethyl adjacent to an activating group) is 1. The summed E-state index contributed by atoms with van der Waals surface area (Å²) in [5, 5.41) is 10.0. The fourth-order valence-electron chi connectivity index (χ4n) is 2.35. The van der Waals surface area contributed by atoms with Crippen molar-refractivity contribution in [1.29, 1.82) is 0 Å². The average Bonchev–Trinajstić information content (AvgIpc) is 2.64. The Hall–Kier alpha value is -0.640. The van der Waals surface area contributed by atoms with Crippen molar-refractivity contribution in [2.45, 2.75) is 25.5 Å². The van der Waals surface area contributed by atoms with Crippen LogP contribution >= 0.6 is 11.6 Å². The van der Waals surface area contributed by atoms with E-state index in [4.69, 9.17) is 11.6 Å². The molecule has 1 fully saturated rings. The van der Waals surface area contributed by atoms with Gasteiger partial charge in [-0.1, -0.05) is 30.7 Å². The lowest BCUT2D eigenvalue weighted by Crippen LogP contribution is -2.28. The van der Waals surface area contributed by atoms with Crippen LogP contribution < -0.4 is 0 Å².